The summed E-state index contributed by atoms with van der Waals surface area (Å²) in [5.41, 5.74) is 2.30. The summed E-state index contributed by atoms with van der Waals surface area (Å²) in [7, 11) is 0. The van der Waals surface area contributed by atoms with Gasteiger partial charge in [0.2, 0.25) is 5.91 Å². The number of nitrogens with one attached hydrogen (secondary N) is 3. The lowest BCUT2D eigenvalue weighted by Gasteiger charge is -2.24. The Balaban J connectivity index is 1.75. The first-order chi connectivity index (χ1) is 13.7. The quantitative estimate of drug-likeness (QED) is 0.665. The number of rotatable bonds is 4. The molecule has 1 aliphatic rings. The number of aromatic amines is 1. The molecule has 8 nitrogen and oxygen atoms in total. The number of hydrogen-bond donors (Lipinski definition) is 3. The molecule has 0 spiro atoms. The van der Waals surface area contributed by atoms with Crippen molar-refractivity contribution in [2.75, 3.05) is 6.54 Å². The van der Waals surface area contributed by atoms with Gasteiger partial charge < -0.3 is 10.3 Å². The summed E-state index contributed by atoms with van der Waals surface area (Å²) in [6, 6.07) is 3.01. The Hall–Kier alpha value is -3.35. The Bertz CT molecular complexity index is 1090. The number of carbonyl (C=O) groups is 1. The minimum atomic E-state index is -1.09. The molecule has 0 bridgehead atoms. The highest BCUT2D eigenvalue weighted by Gasteiger charge is 2.41. The highest BCUT2D eigenvalue weighted by Crippen LogP contribution is 2.23. The van der Waals surface area contributed by atoms with Gasteiger partial charge in [0.05, 0.1) is 29.5 Å². The molecule has 1 aliphatic heterocycles. The number of hydrogen-bond acceptors (Lipinski definition) is 4. The van der Waals surface area contributed by atoms with Crippen molar-refractivity contribution in [1.82, 2.24) is 15.7 Å². The maximum absolute atomic E-state index is 14.2. The average Bonchev–Trinajstić information content (AvgIpc) is 2.67. The second-order valence-corrected chi connectivity index (χ2v) is 7.24. The van der Waals surface area contributed by atoms with E-state index in [0.717, 1.165) is 6.07 Å². The highest BCUT2D eigenvalue weighted by atomic mass is 19.2. The molecule has 0 saturated carbocycles. The van der Waals surface area contributed by atoms with Gasteiger partial charge in [0.25, 0.3) is 11.6 Å². The average molecular weight is 404 g/mol. The molecule has 0 radical (unpaired) electrons. The third-order valence-corrected chi connectivity index (χ3v) is 5.29. The van der Waals surface area contributed by atoms with Crippen molar-refractivity contribution >= 4 is 16.8 Å². The van der Waals surface area contributed by atoms with Crippen molar-refractivity contribution in [3.63, 3.8) is 0 Å². The Kier molecular flexibility index (Phi) is 5.59. The van der Waals surface area contributed by atoms with E-state index >= 15 is 0 Å². The monoisotopic (exact) mass is 404 g/mol. The minimum absolute atomic E-state index is 0.0160. The fourth-order valence-corrected chi connectivity index (χ4v) is 3.62. The number of halogens is 2. The molecule has 3 atom stereocenters. The zero-order valence-corrected chi connectivity index (χ0v) is 15.9. The molecule has 1 saturated heterocycles. The largest absolute Gasteiger partial charge is 0.349 e. The normalized spacial score (nSPS) is 21.5. The fourth-order valence-electron chi connectivity index (χ4n) is 3.62. The predicted octanol–water partition coefficient (Wildman–Crippen LogP) is 1.36. The topological polar surface area (TPSA) is 118 Å². The third-order valence-electron chi connectivity index (χ3n) is 5.29. The van der Waals surface area contributed by atoms with Gasteiger partial charge in [-0.3, -0.25) is 9.59 Å². The van der Waals surface area contributed by atoms with Gasteiger partial charge in [-0.15, -0.1) is 5.43 Å². The minimum Gasteiger partial charge on any atom is -0.349 e. The maximum atomic E-state index is 14.2. The molecule has 3 unspecified atom stereocenters. The lowest BCUT2D eigenvalue weighted by atomic mass is 9.92. The smallest absolute Gasteiger partial charge is 0.254 e. The lowest BCUT2D eigenvalue weighted by molar-refractivity contribution is -0.659. The van der Waals surface area contributed by atoms with Crippen LogP contribution in [0.5, 0.6) is 0 Å². The molecule has 1 fully saturated rings. The number of amides is 1. The van der Waals surface area contributed by atoms with Crippen LogP contribution in [0, 0.1) is 40.7 Å². The first kappa shape index (κ1) is 20.4. The number of benzene rings is 1. The second kappa shape index (κ2) is 7.95. The van der Waals surface area contributed by atoms with Crippen LogP contribution >= 0.6 is 0 Å². The molecule has 1 amide bonds. The number of pyridine rings is 1. The number of nitrogens with zero attached hydrogens (tertiary/aromatic N) is 2. The molecule has 3 N–H and O–H groups in total. The van der Waals surface area contributed by atoms with E-state index in [2.05, 4.69) is 15.7 Å². The predicted molar refractivity (Wildman–Crippen MR) is 99.7 cm³/mol. The van der Waals surface area contributed by atoms with E-state index in [-0.39, 0.29) is 40.9 Å². The number of nitroso groups, excluding NO2 is 1. The number of carbonyl (C=O) groups excluding carboxylic acids is 1. The van der Waals surface area contributed by atoms with E-state index in [1.54, 1.807) is 0 Å². The Labute approximate surface area is 164 Å². The van der Waals surface area contributed by atoms with Gasteiger partial charge in [-0.25, -0.2) is 8.78 Å². The number of aryl methyl sites for hydroxylation is 1. The second-order valence-electron chi connectivity index (χ2n) is 7.24. The van der Waals surface area contributed by atoms with Crippen molar-refractivity contribution in [2.24, 2.45) is 5.92 Å². The summed E-state index contributed by atoms with van der Waals surface area (Å²) in [6.45, 7) is 3.28. The summed E-state index contributed by atoms with van der Waals surface area (Å²) in [5, 5.41) is 11.4. The van der Waals surface area contributed by atoms with E-state index < -0.39 is 35.2 Å². The molecule has 1 aromatic carbocycles. The maximum Gasteiger partial charge on any atom is 0.254 e. The van der Waals surface area contributed by atoms with Gasteiger partial charge in [0.1, 0.15) is 4.87 Å². The van der Waals surface area contributed by atoms with Crippen LogP contribution in [0.2, 0.25) is 0 Å². The SMILES string of the molecule is Cc1c(CC(=O)NCC2C(C)CC(C#N)N[N+]2=O)c(=O)[nH]c2ccc(F)c(F)c12. The number of nitriles is 1. The van der Waals surface area contributed by atoms with E-state index in [4.69, 9.17) is 5.26 Å². The molecule has 1 aromatic heterocycles. The van der Waals surface area contributed by atoms with Crippen LogP contribution in [0.3, 0.4) is 0 Å². The van der Waals surface area contributed by atoms with E-state index in [9.17, 15) is 23.3 Å². The number of H-pyrrole nitrogens is 1. The van der Waals surface area contributed by atoms with Gasteiger partial charge >= 0.3 is 0 Å². The molecule has 152 valence electrons. The first-order valence-corrected chi connectivity index (χ1v) is 9.11. The molecule has 2 aromatic rings. The van der Waals surface area contributed by atoms with Crippen LogP contribution in [0.4, 0.5) is 8.78 Å². The molecular formula is C19H20F2N5O3+. The summed E-state index contributed by atoms with van der Waals surface area (Å²) >= 11 is 0. The molecular weight excluding hydrogens is 384 g/mol. The number of hydrazine groups is 1. The summed E-state index contributed by atoms with van der Waals surface area (Å²) in [6.07, 6.45) is 0.116. The highest BCUT2D eigenvalue weighted by molar-refractivity contribution is 5.86. The Morgan fingerprint density at radius 3 is 2.79 bits per heavy atom. The Morgan fingerprint density at radius 1 is 1.41 bits per heavy atom. The van der Waals surface area contributed by atoms with E-state index in [0.29, 0.717) is 11.3 Å². The lowest BCUT2D eigenvalue weighted by Crippen LogP contribution is -2.55. The third kappa shape index (κ3) is 3.94. The van der Waals surface area contributed by atoms with Crippen LogP contribution < -0.4 is 16.3 Å². The molecule has 10 heteroatoms. The van der Waals surface area contributed by atoms with Crippen LogP contribution in [0.25, 0.3) is 10.9 Å². The Morgan fingerprint density at radius 2 is 2.14 bits per heavy atom. The van der Waals surface area contributed by atoms with Gasteiger partial charge in [-0.1, -0.05) is 6.92 Å². The standard InChI is InChI=1S/C19H19F2N5O3/c1-9-5-11(7-22)25-26(29)15(9)8-23-16(27)6-12-10(2)17-14(24-19(12)28)4-3-13(20)18(17)21/h3-4,9,11,15H,5-6,8H2,1-2H3,(H2-,23,24,25,27,28,29)/p+1. The fraction of sp³-hybridized carbons (Fsp3) is 0.421. The van der Waals surface area contributed by atoms with Crippen LogP contribution in [0.1, 0.15) is 24.5 Å². The van der Waals surface area contributed by atoms with Crippen molar-refractivity contribution in [3.8, 4) is 6.07 Å². The van der Waals surface area contributed by atoms with Crippen molar-refractivity contribution in [3.05, 3.63) is 50.2 Å². The van der Waals surface area contributed by atoms with Crippen LogP contribution in [-0.2, 0) is 11.2 Å². The van der Waals surface area contributed by atoms with Gasteiger partial charge in [0, 0.05) is 16.9 Å². The van der Waals surface area contributed by atoms with Crippen molar-refractivity contribution in [1.29, 1.82) is 5.26 Å². The number of fused-ring (bicyclic) bond motifs is 1. The van der Waals surface area contributed by atoms with E-state index in [1.165, 1.54) is 13.0 Å². The van der Waals surface area contributed by atoms with Gasteiger partial charge in [0.15, 0.2) is 17.7 Å². The van der Waals surface area contributed by atoms with Crippen molar-refractivity contribution < 1.29 is 18.4 Å². The molecule has 3 rings (SSSR count). The van der Waals surface area contributed by atoms with Crippen molar-refractivity contribution in [2.45, 2.75) is 38.8 Å². The molecule has 0 aliphatic carbocycles. The van der Waals surface area contributed by atoms with Crippen LogP contribution in [0.15, 0.2) is 16.9 Å². The van der Waals surface area contributed by atoms with E-state index in [1.807, 2.05) is 13.0 Å². The zero-order chi connectivity index (χ0) is 21.3. The van der Waals surface area contributed by atoms with Crippen LogP contribution in [-0.4, -0.2) is 34.4 Å². The number of aromatic nitrogens is 1. The molecule has 2 heterocycles. The zero-order valence-electron chi connectivity index (χ0n) is 15.9. The first-order valence-electron chi connectivity index (χ1n) is 9.11. The summed E-state index contributed by atoms with van der Waals surface area (Å²) < 4.78 is 27.7. The summed E-state index contributed by atoms with van der Waals surface area (Å²) in [5.74, 6) is -2.80. The summed E-state index contributed by atoms with van der Waals surface area (Å²) in [4.78, 5) is 39.7. The molecule has 29 heavy (non-hydrogen) atoms. The van der Waals surface area contributed by atoms with Gasteiger partial charge in [-0.05, 0) is 31.0 Å². The van der Waals surface area contributed by atoms with Gasteiger partial charge in [-0.2, -0.15) is 5.26 Å².